The Balaban J connectivity index is 1.82. The second kappa shape index (κ2) is 6.01. The summed E-state index contributed by atoms with van der Waals surface area (Å²) in [7, 11) is 0. The lowest BCUT2D eigenvalue weighted by Gasteiger charge is -2.11. The van der Waals surface area contributed by atoms with E-state index in [2.05, 4.69) is 36.4 Å². The van der Waals surface area contributed by atoms with Crippen molar-refractivity contribution in [3.63, 3.8) is 0 Å². The summed E-state index contributed by atoms with van der Waals surface area (Å²) in [6.45, 7) is 0. The summed E-state index contributed by atoms with van der Waals surface area (Å²) in [5.74, 6) is 0.804. The van der Waals surface area contributed by atoms with Crippen molar-refractivity contribution < 1.29 is 0 Å². The molecule has 0 aromatic heterocycles. The molecule has 0 saturated heterocycles. The smallest absolute Gasteiger partial charge is 0.155 e. The van der Waals surface area contributed by atoms with E-state index in [1.54, 1.807) is 0 Å². The average Bonchev–Trinajstić information content (AvgIpc) is 3.09. The van der Waals surface area contributed by atoms with Crippen LogP contribution in [-0.4, -0.2) is 11.5 Å². The van der Waals surface area contributed by atoms with E-state index < -0.39 is 0 Å². The van der Waals surface area contributed by atoms with Gasteiger partial charge in [-0.25, -0.2) is 4.99 Å². The minimum Gasteiger partial charge on any atom is -0.251 e. The molecule has 2 nitrogen and oxygen atoms in total. The molecule has 0 radical (unpaired) electrons. The van der Waals surface area contributed by atoms with Crippen LogP contribution in [0.5, 0.6) is 0 Å². The van der Waals surface area contributed by atoms with Gasteiger partial charge in [-0.2, -0.15) is 0 Å². The third kappa shape index (κ3) is 2.71. The monoisotopic (exact) mass is 296 g/mol. The van der Waals surface area contributed by atoms with Gasteiger partial charge in [0, 0.05) is 5.56 Å². The normalized spacial score (nSPS) is 16.8. The first kappa shape index (κ1) is 13.6. The lowest BCUT2D eigenvalue weighted by molar-refractivity contribution is 0.986. The van der Waals surface area contributed by atoms with Crippen molar-refractivity contribution >= 4 is 11.5 Å². The summed E-state index contributed by atoms with van der Waals surface area (Å²) in [5, 5.41) is 0. The second-order valence-electron chi connectivity index (χ2n) is 5.50. The highest BCUT2D eigenvalue weighted by Gasteiger charge is 2.25. The summed E-state index contributed by atoms with van der Waals surface area (Å²) in [6, 6.07) is 30.8. The number of rotatable bonds is 3. The van der Waals surface area contributed by atoms with Crippen LogP contribution < -0.4 is 0 Å². The molecule has 0 bridgehead atoms. The maximum Gasteiger partial charge on any atom is 0.155 e. The third-order valence-electron chi connectivity index (χ3n) is 3.95. The molecule has 1 atom stereocenters. The van der Waals surface area contributed by atoms with E-state index in [4.69, 9.17) is 9.98 Å². The fourth-order valence-corrected chi connectivity index (χ4v) is 2.81. The van der Waals surface area contributed by atoms with E-state index >= 15 is 0 Å². The number of nitrogens with zero attached hydrogens (tertiary/aromatic N) is 2. The third-order valence-corrected chi connectivity index (χ3v) is 3.95. The largest absolute Gasteiger partial charge is 0.251 e. The molecule has 3 aromatic carbocycles. The van der Waals surface area contributed by atoms with E-state index in [9.17, 15) is 0 Å². The highest BCUT2D eigenvalue weighted by molar-refractivity contribution is 6.18. The van der Waals surface area contributed by atoms with Gasteiger partial charge >= 0.3 is 0 Å². The molecule has 1 heterocycles. The highest BCUT2D eigenvalue weighted by atomic mass is 15.0. The van der Waals surface area contributed by atoms with Gasteiger partial charge in [0.15, 0.2) is 5.84 Å². The van der Waals surface area contributed by atoms with Gasteiger partial charge in [-0.05, 0) is 11.1 Å². The quantitative estimate of drug-likeness (QED) is 0.670. The summed E-state index contributed by atoms with van der Waals surface area (Å²) >= 11 is 0. The van der Waals surface area contributed by atoms with Crippen molar-refractivity contribution in [1.82, 2.24) is 0 Å². The van der Waals surface area contributed by atoms with Gasteiger partial charge in [-0.1, -0.05) is 91.0 Å². The molecule has 1 unspecified atom stereocenters. The molecule has 0 aliphatic carbocycles. The van der Waals surface area contributed by atoms with Crippen molar-refractivity contribution in [3.8, 4) is 0 Å². The molecule has 4 rings (SSSR count). The lowest BCUT2D eigenvalue weighted by atomic mass is 9.98. The van der Waals surface area contributed by atoms with Crippen LogP contribution in [0.1, 0.15) is 22.7 Å². The molecule has 110 valence electrons. The van der Waals surface area contributed by atoms with E-state index in [1.165, 1.54) is 5.56 Å². The fourth-order valence-electron chi connectivity index (χ4n) is 2.81. The van der Waals surface area contributed by atoms with Crippen molar-refractivity contribution in [1.29, 1.82) is 0 Å². The summed E-state index contributed by atoms with van der Waals surface area (Å²) in [6.07, 6.45) is 0. The molecular weight excluding hydrogens is 280 g/mol. The number of hydrogen-bond donors (Lipinski definition) is 0. The van der Waals surface area contributed by atoms with Crippen molar-refractivity contribution in [2.45, 2.75) is 6.04 Å². The zero-order chi connectivity index (χ0) is 15.5. The van der Waals surface area contributed by atoms with Crippen molar-refractivity contribution in [2.24, 2.45) is 9.98 Å². The van der Waals surface area contributed by atoms with Gasteiger partial charge in [0.1, 0.15) is 6.04 Å². The van der Waals surface area contributed by atoms with Gasteiger partial charge in [0.2, 0.25) is 0 Å². The topological polar surface area (TPSA) is 24.7 Å². The molecule has 23 heavy (non-hydrogen) atoms. The Kier molecular flexibility index (Phi) is 3.57. The molecule has 0 fully saturated rings. The molecular formula is C21H16N2. The first-order valence-corrected chi connectivity index (χ1v) is 7.74. The Labute approximate surface area is 135 Å². The van der Waals surface area contributed by atoms with Gasteiger partial charge in [0.25, 0.3) is 0 Å². The van der Waals surface area contributed by atoms with Crippen LogP contribution in [0, 0.1) is 0 Å². The molecule has 1 aliphatic heterocycles. The van der Waals surface area contributed by atoms with E-state index in [0.29, 0.717) is 0 Å². The van der Waals surface area contributed by atoms with E-state index in [1.807, 2.05) is 54.6 Å². The van der Waals surface area contributed by atoms with Crippen LogP contribution in [0.3, 0.4) is 0 Å². The molecule has 1 aliphatic rings. The SMILES string of the molecule is c1ccc(C2=NC(c3ccccc3)C(c3ccccc3)=N2)cc1. The molecule has 2 heteroatoms. The highest BCUT2D eigenvalue weighted by Crippen LogP contribution is 2.29. The molecule has 0 spiro atoms. The van der Waals surface area contributed by atoms with Crippen LogP contribution in [0.15, 0.2) is 101 Å². The Hall–Kier alpha value is -3.00. The lowest BCUT2D eigenvalue weighted by Crippen LogP contribution is -2.08. The summed E-state index contributed by atoms with van der Waals surface area (Å²) in [4.78, 5) is 9.75. The minimum atomic E-state index is -0.0474. The number of aliphatic imine (C=N–C) groups is 2. The van der Waals surface area contributed by atoms with Crippen LogP contribution in [0.25, 0.3) is 0 Å². The van der Waals surface area contributed by atoms with Crippen LogP contribution >= 0.6 is 0 Å². The Morgan fingerprint density at radius 1 is 0.565 bits per heavy atom. The first-order chi connectivity index (χ1) is 11.4. The summed E-state index contributed by atoms with van der Waals surface area (Å²) in [5.41, 5.74) is 4.35. The maximum absolute atomic E-state index is 4.90. The first-order valence-electron chi connectivity index (χ1n) is 7.74. The molecule has 0 amide bonds. The van der Waals surface area contributed by atoms with Crippen molar-refractivity contribution in [3.05, 3.63) is 108 Å². The minimum absolute atomic E-state index is 0.0474. The number of amidine groups is 1. The molecule has 0 saturated carbocycles. The number of hydrogen-bond acceptors (Lipinski definition) is 2. The average molecular weight is 296 g/mol. The van der Waals surface area contributed by atoms with Gasteiger partial charge < -0.3 is 0 Å². The van der Waals surface area contributed by atoms with Gasteiger partial charge in [0.05, 0.1) is 5.71 Å². The Bertz CT molecular complexity index is 850. The zero-order valence-corrected chi connectivity index (χ0v) is 12.6. The van der Waals surface area contributed by atoms with Crippen molar-refractivity contribution in [2.75, 3.05) is 0 Å². The van der Waals surface area contributed by atoms with Gasteiger partial charge in [-0.15, -0.1) is 0 Å². The van der Waals surface area contributed by atoms with E-state index in [0.717, 1.165) is 22.7 Å². The predicted molar refractivity (Wildman–Crippen MR) is 95.1 cm³/mol. The van der Waals surface area contributed by atoms with Crippen LogP contribution in [0.2, 0.25) is 0 Å². The predicted octanol–water partition coefficient (Wildman–Crippen LogP) is 4.68. The maximum atomic E-state index is 4.90. The Morgan fingerprint density at radius 2 is 1.09 bits per heavy atom. The van der Waals surface area contributed by atoms with Crippen LogP contribution in [0.4, 0.5) is 0 Å². The molecule has 3 aromatic rings. The summed E-state index contributed by atoms with van der Waals surface area (Å²) < 4.78 is 0. The zero-order valence-electron chi connectivity index (χ0n) is 12.6. The fraction of sp³-hybridized carbons (Fsp3) is 0.0476. The molecule has 0 N–H and O–H groups in total. The number of benzene rings is 3. The second-order valence-corrected chi connectivity index (χ2v) is 5.50. The van der Waals surface area contributed by atoms with E-state index in [-0.39, 0.29) is 6.04 Å². The van der Waals surface area contributed by atoms with Crippen LogP contribution in [-0.2, 0) is 0 Å². The Morgan fingerprint density at radius 3 is 1.70 bits per heavy atom. The van der Waals surface area contributed by atoms with Gasteiger partial charge in [-0.3, -0.25) is 4.99 Å². The standard InChI is InChI=1S/C21H16N2/c1-4-10-16(11-5-1)19-20(17-12-6-2-7-13-17)23-21(22-19)18-14-8-3-9-15-18/h1-15,19H.